The Hall–Kier alpha value is -0.790. The first kappa shape index (κ1) is 13.3. The molecule has 0 saturated carbocycles. The Morgan fingerprint density at radius 3 is 2.94 bits per heavy atom. The Kier molecular flexibility index (Phi) is 4.57. The van der Waals surface area contributed by atoms with E-state index in [-0.39, 0.29) is 17.0 Å². The Morgan fingerprint density at radius 1 is 1.56 bits per heavy atom. The van der Waals surface area contributed by atoms with Gasteiger partial charge in [0.05, 0.1) is 25.2 Å². The zero-order chi connectivity index (χ0) is 10.8. The summed E-state index contributed by atoms with van der Waals surface area (Å²) in [5.41, 5.74) is 2.37. The number of nitrogens with zero attached hydrogens (tertiary/aromatic N) is 1. The van der Waals surface area contributed by atoms with E-state index in [0.29, 0.717) is 6.54 Å². The molecular weight excluding hydrogens is 286 g/mol. The van der Waals surface area contributed by atoms with Crippen molar-refractivity contribution in [1.29, 1.82) is 0 Å². The first-order valence-corrected chi connectivity index (χ1v) is 5.74. The third kappa shape index (κ3) is 2.31. The average Bonchev–Trinajstić information content (AvgIpc) is 2.60. The van der Waals surface area contributed by atoms with Gasteiger partial charge in [-0.05, 0) is 18.6 Å². The van der Waals surface area contributed by atoms with Crippen LogP contribution in [0.1, 0.15) is 5.56 Å². The molecule has 0 spiro atoms. The highest BCUT2D eigenvalue weighted by atomic mass is 79.9. The largest absolute Gasteiger partial charge is 0.496 e. The summed E-state index contributed by atoms with van der Waals surface area (Å²) >= 11 is 1.82. The summed E-state index contributed by atoms with van der Waals surface area (Å²) in [6.45, 7) is 2.72. The van der Waals surface area contributed by atoms with Crippen molar-refractivity contribution in [2.24, 2.45) is 0 Å². The molecule has 4 heteroatoms. The Bertz CT molecular complexity index is 428. The van der Waals surface area contributed by atoms with Gasteiger partial charge < -0.3 is 9.64 Å². The van der Waals surface area contributed by atoms with Crippen LogP contribution < -0.4 is 9.64 Å². The highest BCUT2D eigenvalue weighted by molar-refractivity contribution is 8.93. The SMILES string of the molecule is Br.C#CCN1CSc2cc(C)c(OC)cc21. The highest BCUT2D eigenvalue weighted by Gasteiger charge is 2.20. The lowest BCUT2D eigenvalue weighted by Crippen LogP contribution is -2.18. The van der Waals surface area contributed by atoms with Crippen molar-refractivity contribution >= 4 is 34.4 Å². The molecule has 0 aromatic heterocycles. The molecule has 0 N–H and O–H groups in total. The predicted octanol–water partition coefficient (Wildman–Crippen LogP) is 3.08. The topological polar surface area (TPSA) is 12.5 Å². The lowest BCUT2D eigenvalue weighted by Gasteiger charge is -2.16. The van der Waals surface area contributed by atoms with Gasteiger partial charge in [-0.25, -0.2) is 0 Å². The van der Waals surface area contributed by atoms with Gasteiger partial charge in [0, 0.05) is 11.0 Å². The van der Waals surface area contributed by atoms with Gasteiger partial charge in [-0.1, -0.05) is 5.92 Å². The fourth-order valence-corrected chi connectivity index (χ4v) is 2.81. The Morgan fingerprint density at radius 2 is 2.31 bits per heavy atom. The number of fused-ring (bicyclic) bond motifs is 1. The van der Waals surface area contributed by atoms with Gasteiger partial charge in [-0.15, -0.1) is 35.2 Å². The molecule has 1 aliphatic rings. The molecule has 0 radical (unpaired) electrons. The number of benzene rings is 1. The Labute approximate surface area is 111 Å². The number of methoxy groups -OCH3 is 1. The minimum absolute atomic E-state index is 0. The van der Waals surface area contributed by atoms with E-state index in [9.17, 15) is 0 Å². The second-order valence-electron chi connectivity index (χ2n) is 3.47. The molecular formula is C12H14BrNOS. The molecule has 0 aliphatic carbocycles. The Balaban J connectivity index is 0.00000128. The molecule has 1 aromatic carbocycles. The number of ether oxygens (including phenoxy) is 1. The van der Waals surface area contributed by atoms with Crippen LogP contribution in [-0.4, -0.2) is 19.5 Å². The summed E-state index contributed by atoms with van der Waals surface area (Å²) < 4.78 is 5.31. The van der Waals surface area contributed by atoms with Crippen molar-refractivity contribution in [1.82, 2.24) is 0 Å². The van der Waals surface area contributed by atoms with Crippen molar-refractivity contribution in [3.8, 4) is 18.1 Å². The van der Waals surface area contributed by atoms with Crippen LogP contribution in [0.5, 0.6) is 5.75 Å². The normalized spacial score (nSPS) is 12.7. The molecule has 0 saturated heterocycles. The van der Waals surface area contributed by atoms with E-state index in [4.69, 9.17) is 11.2 Å². The maximum absolute atomic E-state index is 5.33. The lowest BCUT2D eigenvalue weighted by molar-refractivity contribution is 0.411. The molecule has 2 rings (SSSR count). The molecule has 1 heterocycles. The number of anilines is 1. The summed E-state index contributed by atoms with van der Waals surface area (Å²) in [4.78, 5) is 3.48. The quantitative estimate of drug-likeness (QED) is 0.779. The molecule has 1 aliphatic heterocycles. The third-order valence-electron chi connectivity index (χ3n) is 2.48. The number of thioether (sulfide) groups is 1. The monoisotopic (exact) mass is 299 g/mol. The van der Waals surface area contributed by atoms with Gasteiger partial charge >= 0.3 is 0 Å². The third-order valence-corrected chi connectivity index (χ3v) is 3.55. The van der Waals surface area contributed by atoms with Crippen molar-refractivity contribution in [3.63, 3.8) is 0 Å². The molecule has 0 atom stereocenters. The van der Waals surface area contributed by atoms with Crippen LogP contribution in [0.2, 0.25) is 0 Å². The van der Waals surface area contributed by atoms with Crippen LogP contribution in [-0.2, 0) is 0 Å². The van der Waals surface area contributed by atoms with Crippen molar-refractivity contribution < 1.29 is 4.74 Å². The molecule has 0 bridgehead atoms. The number of hydrogen-bond donors (Lipinski definition) is 0. The minimum atomic E-state index is 0. The van der Waals surface area contributed by atoms with E-state index in [0.717, 1.165) is 11.6 Å². The van der Waals surface area contributed by atoms with Crippen LogP contribution >= 0.6 is 28.7 Å². The summed E-state index contributed by atoms with van der Waals surface area (Å²) in [6.07, 6.45) is 5.33. The van der Waals surface area contributed by atoms with Gasteiger partial charge in [-0.2, -0.15) is 0 Å². The van der Waals surface area contributed by atoms with Crippen LogP contribution in [0.3, 0.4) is 0 Å². The number of rotatable bonds is 2. The van der Waals surface area contributed by atoms with Crippen LogP contribution in [0, 0.1) is 19.3 Å². The summed E-state index contributed by atoms with van der Waals surface area (Å²) in [5, 5.41) is 0. The van der Waals surface area contributed by atoms with E-state index in [1.807, 2.05) is 11.8 Å². The number of hydrogen-bond acceptors (Lipinski definition) is 3. The van der Waals surface area contributed by atoms with E-state index >= 15 is 0 Å². The van der Waals surface area contributed by atoms with Gasteiger partial charge in [-0.3, -0.25) is 0 Å². The fraction of sp³-hybridized carbons (Fsp3) is 0.333. The molecule has 86 valence electrons. The first-order valence-electron chi connectivity index (χ1n) is 4.76. The highest BCUT2D eigenvalue weighted by Crippen LogP contribution is 2.41. The second-order valence-corrected chi connectivity index (χ2v) is 4.45. The van der Waals surface area contributed by atoms with E-state index in [1.54, 1.807) is 7.11 Å². The minimum Gasteiger partial charge on any atom is -0.496 e. The molecule has 0 amide bonds. The number of halogens is 1. The summed E-state index contributed by atoms with van der Waals surface area (Å²) in [6, 6.07) is 4.23. The number of terminal acetylenes is 1. The van der Waals surface area contributed by atoms with Gasteiger partial charge in [0.15, 0.2) is 0 Å². The van der Waals surface area contributed by atoms with Gasteiger partial charge in [0.25, 0.3) is 0 Å². The van der Waals surface area contributed by atoms with Crippen LogP contribution in [0.15, 0.2) is 17.0 Å². The zero-order valence-corrected chi connectivity index (χ0v) is 11.8. The maximum atomic E-state index is 5.33. The zero-order valence-electron chi connectivity index (χ0n) is 9.32. The molecule has 1 aromatic rings. The van der Waals surface area contributed by atoms with Gasteiger partial charge in [0.2, 0.25) is 0 Å². The maximum Gasteiger partial charge on any atom is 0.123 e. The van der Waals surface area contributed by atoms with E-state index < -0.39 is 0 Å². The first-order chi connectivity index (χ1) is 7.26. The molecule has 16 heavy (non-hydrogen) atoms. The van der Waals surface area contributed by atoms with E-state index in [1.165, 1.54) is 16.1 Å². The fourth-order valence-electron chi connectivity index (χ4n) is 1.69. The van der Waals surface area contributed by atoms with Crippen molar-refractivity contribution in [2.45, 2.75) is 11.8 Å². The standard InChI is InChI=1S/C12H13NOS.BrH/c1-4-5-13-8-15-12-6-9(2)11(14-3)7-10(12)13;/h1,6-7H,5,8H2,2-3H3;1H. The smallest absolute Gasteiger partial charge is 0.123 e. The molecule has 2 nitrogen and oxygen atoms in total. The second kappa shape index (κ2) is 5.51. The van der Waals surface area contributed by atoms with Crippen molar-refractivity contribution in [2.75, 3.05) is 24.4 Å². The summed E-state index contributed by atoms with van der Waals surface area (Å²) in [5.74, 6) is 4.54. The van der Waals surface area contributed by atoms with Gasteiger partial charge in [0.1, 0.15) is 5.75 Å². The lowest BCUT2D eigenvalue weighted by atomic mass is 10.2. The van der Waals surface area contributed by atoms with Crippen LogP contribution in [0.4, 0.5) is 5.69 Å². The van der Waals surface area contributed by atoms with Crippen molar-refractivity contribution in [3.05, 3.63) is 17.7 Å². The molecule has 0 fully saturated rings. The average molecular weight is 300 g/mol. The van der Waals surface area contributed by atoms with E-state index in [2.05, 4.69) is 29.9 Å². The number of aryl methyl sites for hydroxylation is 1. The summed E-state index contributed by atoms with van der Waals surface area (Å²) in [7, 11) is 1.70. The van der Waals surface area contributed by atoms with Crippen LogP contribution in [0.25, 0.3) is 0 Å². The predicted molar refractivity (Wildman–Crippen MR) is 75.0 cm³/mol. The molecule has 0 unspecified atom stereocenters.